The minimum absolute atomic E-state index is 0.126. The molecular formula is C12H8F3IN2O2S. The van der Waals surface area contributed by atoms with E-state index in [2.05, 4.69) is 9.72 Å². The summed E-state index contributed by atoms with van der Waals surface area (Å²) in [7, 11) is 1.22. The lowest BCUT2D eigenvalue weighted by atomic mass is 10.1. The number of benzene rings is 1. The van der Waals surface area contributed by atoms with Gasteiger partial charge < -0.3 is 10.5 Å². The number of thiazole rings is 1. The van der Waals surface area contributed by atoms with E-state index in [0.29, 0.717) is 9.13 Å². The third-order valence-corrected chi connectivity index (χ3v) is 4.34. The molecule has 1 aromatic carbocycles. The van der Waals surface area contributed by atoms with E-state index in [1.165, 1.54) is 19.2 Å². The summed E-state index contributed by atoms with van der Waals surface area (Å²) in [6.45, 7) is 0. The molecule has 0 aliphatic rings. The molecule has 0 aliphatic carbocycles. The van der Waals surface area contributed by atoms with Gasteiger partial charge in [0.05, 0.1) is 12.7 Å². The van der Waals surface area contributed by atoms with Crippen molar-refractivity contribution in [3.8, 4) is 10.6 Å². The number of esters is 1. The van der Waals surface area contributed by atoms with Gasteiger partial charge in [-0.05, 0) is 34.7 Å². The van der Waals surface area contributed by atoms with E-state index in [4.69, 9.17) is 5.73 Å². The molecule has 1 heterocycles. The van der Waals surface area contributed by atoms with E-state index in [1.807, 2.05) is 22.6 Å². The number of alkyl halides is 3. The number of nitrogens with two attached hydrogens (primary N) is 1. The van der Waals surface area contributed by atoms with Crippen molar-refractivity contribution in [2.24, 2.45) is 0 Å². The number of aromatic nitrogens is 1. The van der Waals surface area contributed by atoms with E-state index in [0.717, 1.165) is 16.7 Å². The Bertz CT molecular complexity index is 700. The molecule has 0 atom stereocenters. The zero-order valence-corrected chi connectivity index (χ0v) is 13.5. The summed E-state index contributed by atoms with van der Waals surface area (Å²) in [6.07, 6.45) is -4.49. The highest BCUT2D eigenvalue weighted by atomic mass is 127. The number of nitrogen functional groups attached to an aromatic ring is 1. The third-order valence-electron chi connectivity index (χ3n) is 2.57. The zero-order chi connectivity index (χ0) is 15.8. The Hall–Kier alpha value is -1.36. The van der Waals surface area contributed by atoms with Crippen molar-refractivity contribution < 1.29 is 22.7 Å². The summed E-state index contributed by atoms with van der Waals surface area (Å²) in [5.41, 5.74) is 5.53. The second-order valence-electron chi connectivity index (χ2n) is 3.95. The first-order valence-corrected chi connectivity index (χ1v) is 7.40. The maximum atomic E-state index is 12.6. The summed E-state index contributed by atoms with van der Waals surface area (Å²) in [6, 6.07) is 2.89. The van der Waals surface area contributed by atoms with E-state index >= 15 is 0 Å². The number of nitrogens with zero attached hydrogens (tertiary/aromatic N) is 1. The highest BCUT2D eigenvalue weighted by Crippen LogP contribution is 2.36. The van der Waals surface area contributed by atoms with Crippen LogP contribution in [0.5, 0.6) is 0 Å². The minimum Gasteiger partial charge on any atom is -0.465 e. The second kappa shape index (κ2) is 5.79. The number of rotatable bonds is 2. The lowest BCUT2D eigenvalue weighted by molar-refractivity contribution is -0.140. The number of carbonyl (C=O) groups is 1. The van der Waals surface area contributed by atoms with Crippen LogP contribution in [0.2, 0.25) is 0 Å². The molecule has 0 spiro atoms. The number of methoxy groups -OCH3 is 1. The third kappa shape index (κ3) is 3.28. The minimum atomic E-state index is -4.49. The van der Waals surface area contributed by atoms with Gasteiger partial charge in [-0.25, -0.2) is 9.78 Å². The van der Waals surface area contributed by atoms with Crippen molar-refractivity contribution in [2.45, 2.75) is 6.18 Å². The normalized spacial score (nSPS) is 11.5. The number of ether oxygens (including phenoxy) is 1. The summed E-state index contributed by atoms with van der Waals surface area (Å²) in [4.78, 5) is 15.1. The van der Waals surface area contributed by atoms with Gasteiger partial charge in [0.25, 0.3) is 0 Å². The van der Waals surface area contributed by atoms with E-state index < -0.39 is 17.8 Å². The average molecular weight is 428 g/mol. The van der Waals surface area contributed by atoms with Crippen molar-refractivity contribution in [3.05, 3.63) is 32.3 Å². The standard InChI is InChI=1S/C12H8F3IN2O2S/c1-20-11(19)6-2-7(16)5(3-8(6)17)10-18-9(4-21-10)12(13,14)15/h2-4H,17H2,1H3. The molecule has 2 N–H and O–H groups in total. The summed E-state index contributed by atoms with van der Waals surface area (Å²) < 4.78 is 42.8. The molecule has 0 saturated carbocycles. The molecule has 1 aromatic heterocycles. The highest BCUT2D eigenvalue weighted by molar-refractivity contribution is 14.1. The van der Waals surface area contributed by atoms with Gasteiger partial charge in [0.2, 0.25) is 0 Å². The van der Waals surface area contributed by atoms with E-state index in [-0.39, 0.29) is 16.3 Å². The first-order chi connectivity index (χ1) is 9.74. The van der Waals surface area contributed by atoms with Gasteiger partial charge in [-0.2, -0.15) is 13.2 Å². The smallest absolute Gasteiger partial charge is 0.434 e. The molecular weight excluding hydrogens is 420 g/mol. The second-order valence-corrected chi connectivity index (χ2v) is 5.97. The molecule has 0 radical (unpaired) electrons. The Morgan fingerprint density at radius 2 is 2.10 bits per heavy atom. The lowest BCUT2D eigenvalue weighted by Gasteiger charge is -2.08. The summed E-state index contributed by atoms with van der Waals surface area (Å²) in [5.74, 6) is -0.605. The molecule has 0 aliphatic heterocycles. The van der Waals surface area contributed by atoms with Crippen LogP contribution in [0, 0.1) is 3.57 Å². The Balaban J connectivity index is 2.48. The van der Waals surface area contributed by atoms with Gasteiger partial charge in [0, 0.05) is 20.2 Å². The zero-order valence-electron chi connectivity index (χ0n) is 10.5. The van der Waals surface area contributed by atoms with Crippen molar-refractivity contribution >= 4 is 45.6 Å². The molecule has 0 bridgehead atoms. The van der Waals surface area contributed by atoms with E-state index in [1.54, 1.807) is 0 Å². The average Bonchev–Trinajstić information content (AvgIpc) is 2.89. The van der Waals surface area contributed by atoms with Crippen molar-refractivity contribution in [1.29, 1.82) is 0 Å². The van der Waals surface area contributed by atoms with Crippen LogP contribution in [-0.2, 0) is 10.9 Å². The van der Waals surface area contributed by atoms with Gasteiger partial charge in [-0.1, -0.05) is 0 Å². The highest BCUT2D eigenvalue weighted by Gasteiger charge is 2.34. The monoisotopic (exact) mass is 428 g/mol. The van der Waals surface area contributed by atoms with Gasteiger partial charge in [-0.3, -0.25) is 0 Å². The van der Waals surface area contributed by atoms with Crippen LogP contribution in [0.4, 0.5) is 18.9 Å². The number of halogens is 4. The fraction of sp³-hybridized carbons (Fsp3) is 0.167. The first kappa shape index (κ1) is 16.0. The topological polar surface area (TPSA) is 65.2 Å². The largest absolute Gasteiger partial charge is 0.465 e. The number of hydrogen-bond acceptors (Lipinski definition) is 5. The molecule has 2 aromatic rings. The predicted molar refractivity (Wildman–Crippen MR) is 81.0 cm³/mol. The number of anilines is 1. The van der Waals surface area contributed by atoms with E-state index in [9.17, 15) is 18.0 Å². The van der Waals surface area contributed by atoms with Crippen LogP contribution < -0.4 is 5.73 Å². The molecule has 21 heavy (non-hydrogen) atoms. The SMILES string of the molecule is COC(=O)c1cc(I)c(-c2nc(C(F)(F)F)cs2)cc1N. The molecule has 0 amide bonds. The van der Waals surface area contributed by atoms with Crippen molar-refractivity contribution in [1.82, 2.24) is 4.98 Å². The molecule has 9 heteroatoms. The Morgan fingerprint density at radius 3 is 2.62 bits per heavy atom. The Labute approximate surface area is 135 Å². The quantitative estimate of drug-likeness (QED) is 0.449. The molecule has 0 saturated heterocycles. The van der Waals surface area contributed by atoms with Crippen LogP contribution >= 0.6 is 33.9 Å². The van der Waals surface area contributed by atoms with Gasteiger partial charge in [-0.15, -0.1) is 11.3 Å². The molecule has 2 rings (SSSR count). The maximum absolute atomic E-state index is 12.6. The van der Waals surface area contributed by atoms with Crippen molar-refractivity contribution in [2.75, 3.05) is 12.8 Å². The number of hydrogen-bond donors (Lipinski definition) is 1. The van der Waals surface area contributed by atoms with Crippen LogP contribution in [0.25, 0.3) is 10.6 Å². The van der Waals surface area contributed by atoms with Crippen molar-refractivity contribution in [3.63, 3.8) is 0 Å². The summed E-state index contributed by atoms with van der Waals surface area (Å²) in [5, 5.41) is 1.13. The van der Waals surface area contributed by atoms with Gasteiger partial charge >= 0.3 is 12.1 Å². The molecule has 0 unspecified atom stereocenters. The van der Waals surface area contributed by atoms with Crippen LogP contribution in [-0.4, -0.2) is 18.1 Å². The first-order valence-electron chi connectivity index (χ1n) is 5.44. The van der Waals surface area contributed by atoms with Crippen LogP contribution in [0.15, 0.2) is 17.5 Å². The fourth-order valence-electron chi connectivity index (χ4n) is 1.57. The molecule has 112 valence electrons. The molecule has 4 nitrogen and oxygen atoms in total. The predicted octanol–water partition coefficient (Wildman–Crippen LogP) is 3.80. The van der Waals surface area contributed by atoms with Crippen LogP contribution in [0.1, 0.15) is 16.1 Å². The Morgan fingerprint density at radius 1 is 1.43 bits per heavy atom. The number of carbonyl (C=O) groups excluding carboxylic acids is 1. The van der Waals surface area contributed by atoms with Gasteiger partial charge in [0.1, 0.15) is 5.01 Å². The molecule has 0 fully saturated rings. The Kier molecular flexibility index (Phi) is 4.42. The fourth-order valence-corrected chi connectivity index (χ4v) is 3.33. The lowest BCUT2D eigenvalue weighted by Crippen LogP contribution is -2.07. The van der Waals surface area contributed by atoms with Gasteiger partial charge in [0.15, 0.2) is 5.69 Å². The maximum Gasteiger partial charge on any atom is 0.434 e. The summed E-state index contributed by atoms with van der Waals surface area (Å²) >= 11 is 2.77. The van der Waals surface area contributed by atoms with Crippen LogP contribution in [0.3, 0.4) is 0 Å².